The van der Waals surface area contributed by atoms with E-state index in [4.69, 9.17) is 10.6 Å². The maximum absolute atomic E-state index is 12.5. The van der Waals surface area contributed by atoms with Crippen molar-refractivity contribution < 1.29 is 9.53 Å². The Morgan fingerprint density at radius 2 is 1.89 bits per heavy atom. The third-order valence-corrected chi connectivity index (χ3v) is 5.56. The second-order valence-corrected chi connectivity index (χ2v) is 8.11. The lowest BCUT2D eigenvalue weighted by Gasteiger charge is -2.34. The van der Waals surface area contributed by atoms with Crippen molar-refractivity contribution in [3.63, 3.8) is 0 Å². The van der Waals surface area contributed by atoms with Crippen LogP contribution in [0.1, 0.15) is 27.2 Å². The molecule has 3 rings (SSSR count). The molecule has 0 aliphatic carbocycles. The minimum absolute atomic E-state index is 0.129. The summed E-state index contributed by atoms with van der Waals surface area (Å²) in [5.41, 5.74) is 0.852. The first kappa shape index (κ1) is 19.5. The number of thioether (sulfide) groups is 1. The molecule has 0 saturated carbocycles. The van der Waals surface area contributed by atoms with Crippen molar-refractivity contribution >= 4 is 17.7 Å². The quantitative estimate of drug-likeness (QED) is 0.604. The molecule has 146 valence electrons. The van der Waals surface area contributed by atoms with E-state index in [1.807, 2.05) is 36.1 Å². The predicted molar refractivity (Wildman–Crippen MR) is 107 cm³/mol. The summed E-state index contributed by atoms with van der Waals surface area (Å²) >= 11 is 1.33. The molecule has 27 heavy (non-hydrogen) atoms. The van der Waals surface area contributed by atoms with E-state index in [0.29, 0.717) is 35.2 Å². The molecule has 7 nitrogen and oxygen atoms in total. The Morgan fingerprint density at radius 1 is 1.22 bits per heavy atom. The van der Waals surface area contributed by atoms with Crippen LogP contribution in [0.5, 0.6) is 5.75 Å². The number of carbonyl (C=O) groups excluding carboxylic acids is 1. The topological polar surface area (TPSA) is 86.3 Å². The fourth-order valence-electron chi connectivity index (χ4n) is 3.52. The van der Waals surface area contributed by atoms with Gasteiger partial charge in [0.05, 0.1) is 12.4 Å². The third kappa shape index (κ3) is 4.74. The first-order chi connectivity index (χ1) is 13.0. The van der Waals surface area contributed by atoms with E-state index in [1.165, 1.54) is 22.9 Å². The highest BCUT2D eigenvalue weighted by molar-refractivity contribution is 7.99. The van der Waals surface area contributed by atoms with Gasteiger partial charge in [0.15, 0.2) is 5.82 Å². The van der Waals surface area contributed by atoms with Crippen LogP contribution in [-0.4, -0.2) is 51.1 Å². The standard InChI is InChI=1S/C19H27N5O2S/c1-4-26-16-7-5-15(6-8-16)18-21-22-19(24(18)20)27-12-17(25)23-10-13(2)9-14(3)11-23/h5-8,13-14H,4,9-12,20H2,1-3H3/t13-,14-/m0/s1. The molecule has 0 bridgehead atoms. The van der Waals surface area contributed by atoms with Gasteiger partial charge in [0.25, 0.3) is 0 Å². The fourth-order valence-corrected chi connectivity index (χ4v) is 4.28. The summed E-state index contributed by atoms with van der Waals surface area (Å²) in [6, 6.07) is 7.55. The van der Waals surface area contributed by atoms with E-state index in [0.717, 1.165) is 24.4 Å². The lowest BCUT2D eigenvalue weighted by Crippen LogP contribution is -2.43. The van der Waals surface area contributed by atoms with Gasteiger partial charge in [0, 0.05) is 18.7 Å². The lowest BCUT2D eigenvalue weighted by molar-refractivity contribution is -0.130. The van der Waals surface area contributed by atoms with Crippen LogP contribution in [0, 0.1) is 11.8 Å². The second kappa shape index (κ2) is 8.65. The number of nitrogen functional groups attached to an aromatic ring is 1. The highest BCUT2D eigenvalue weighted by Gasteiger charge is 2.25. The Balaban J connectivity index is 1.62. The van der Waals surface area contributed by atoms with Crippen molar-refractivity contribution in [1.82, 2.24) is 19.8 Å². The largest absolute Gasteiger partial charge is 0.494 e. The van der Waals surface area contributed by atoms with Gasteiger partial charge in [-0.05, 0) is 49.4 Å². The van der Waals surface area contributed by atoms with Gasteiger partial charge in [-0.25, -0.2) is 4.68 Å². The van der Waals surface area contributed by atoms with Gasteiger partial charge in [0.1, 0.15) is 5.75 Å². The van der Waals surface area contributed by atoms with E-state index >= 15 is 0 Å². The molecular weight excluding hydrogens is 362 g/mol. The molecule has 1 aromatic heterocycles. The molecule has 2 atom stereocenters. The number of carbonyl (C=O) groups is 1. The summed E-state index contributed by atoms with van der Waals surface area (Å²) in [4.78, 5) is 14.5. The first-order valence-electron chi connectivity index (χ1n) is 9.32. The molecule has 0 radical (unpaired) electrons. The number of likely N-dealkylation sites (tertiary alicyclic amines) is 1. The number of piperidine rings is 1. The second-order valence-electron chi connectivity index (χ2n) is 7.17. The molecule has 1 fully saturated rings. The normalized spacial score (nSPS) is 19.9. The van der Waals surface area contributed by atoms with E-state index in [2.05, 4.69) is 24.0 Å². The van der Waals surface area contributed by atoms with Crippen LogP contribution in [-0.2, 0) is 4.79 Å². The molecule has 1 aliphatic rings. The predicted octanol–water partition coefficient (Wildman–Crippen LogP) is 2.65. The third-order valence-electron chi connectivity index (χ3n) is 4.63. The van der Waals surface area contributed by atoms with Crippen LogP contribution in [0.2, 0.25) is 0 Å². The summed E-state index contributed by atoms with van der Waals surface area (Å²) in [6.45, 7) is 8.62. The Labute approximate surface area is 164 Å². The number of nitrogens with two attached hydrogens (primary N) is 1. The van der Waals surface area contributed by atoms with Gasteiger partial charge < -0.3 is 15.5 Å². The Kier molecular flexibility index (Phi) is 6.26. The molecule has 1 aliphatic heterocycles. The van der Waals surface area contributed by atoms with Gasteiger partial charge in [-0.15, -0.1) is 10.2 Å². The minimum atomic E-state index is 0.129. The summed E-state index contributed by atoms with van der Waals surface area (Å²) in [5.74, 6) is 9.06. The highest BCUT2D eigenvalue weighted by Crippen LogP contribution is 2.25. The first-order valence-corrected chi connectivity index (χ1v) is 10.3. The van der Waals surface area contributed by atoms with Gasteiger partial charge >= 0.3 is 0 Å². The summed E-state index contributed by atoms with van der Waals surface area (Å²) in [7, 11) is 0. The summed E-state index contributed by atoms with van der Waals surface area (Å²) in [5, 5.41) is 8.86. The van der Waals surface area contributed by atoms with E-state index in [9.17, 15) is 4.79 Å². The van der Waals surface area contributed by atoms with Gasteiger partial charge in [-0.1, -0.05) is 25.6 Å². The smallest absolute Gasteiger partial charge is 0.233 e. The monoisotopic (exact) mass is 389 g/mol. The Bertz CT molecular complexity index is 767. The van der Waals surface area contributed by atoms with Crippen molar-refractivity contribution in [2.75, 3.05) is 31.3 Å². The zero-order chi connectivity index (χ0) is 19.4. The zero-order valence-electron chi connectivity index (χ0n) is 16.1. The Morgan fingerprint density at radius 3 is 2.52 bits per heavy atom. The highest BCUT2D eigenvalue weighted by atomic mass is 32.2. The van der Waals surface area contributed by atoms with E-state index in [1.54, 1.807) is 0 Å². The lowest BCUT2D eigenvalue weighted by atomic mass is 9.92. The van der Waals surface area contributed by atoms with Crippen molar-refractivity contribution in [2.45, 2.75) is 32.3 Å². The van der Waals surface area contributed by atoms with E-state index in [-0.39, 0.29) is 5.91 Å². The van der Waals surface area contributed by atoms with Gasteiger partial charge in [-0.2, -0.15) is 0 Å². The molecule has 1 aromatic carbocycles. The number of hydrogen-bond acceptors (Lipinski definition) is 6. The van der Waals surface area contributed by atoms with Crippen LogP contribution in [0.15, 0.2) is 29.4 Å². The molecule has 0 spiro atoms. The van der Waals surface area contributed by atoms with E-state index < -0.39 is 0 Å². The summed E-state index contributed by atoms with van der Waals surface area (Å²) in [6.07, 6.45) is 1.18. The van der Waals surface area contributed by atoms with Gasteiger partial charge in [-0.3, -0.25) is 4.79 Å². The van der Waals surface area contributed by atoms with Crippen molar-refractivity contribution in [3.8, 4) is 17.1 Å². The van der Waals surface area contributed by atoms with Crippen LogP contribution in [0.25, 0.3) is 11.4 Å². The number of aromatic nitrogens is 3. The number of rotatable bonds is 6. The molecule has 2 N–H and O–H groups in total. The maximum atomic E-state index is 12.5. The number of nitrogens with zero attached hydrogens (tertiary/aromatic N) is 4. The van der Waals surface area contributed by atoms with Crippen LogP contribution in [0.3, 0.4) is 0 Å². The van der Waals surface area contributed by atoms with Crippen LogP contribution < -0.4 is 10.6 Å². The number of ether oxygens (including phenoxy) is 1. The molecule has 1 amide bonds. The molecular formula is C19H27N5O2S. The summed E-state index contributed by atoms with van der Waals surface area (Å²) < 4.78 is 6.89. The number of benzene rings is 1. The number of hydrogen-bond donors (Lipinski definition) is 1. The fraction of sp³-hybridized carbons (Fsp3) is 0.526. The average molecular weight is 390 g/mol. The molecule has 1 saturated heterocycles. The zero-order valence-corrected chi connectivity index (χ0v) is 16.9. The van der Waals surface area contributed by atoms with Gasteiger partial charge in [0.2, 0.25) is 11.1 Å². The molecule has 8 heteroatoms. The SMILES string of the molecule is CCOc1ccc(-c2nnc(SCC(=O)N3C[C@@H](C)C[C@H](C)C3)n2N)cc1. The number of amides is 1. The molecule has 2 heterocycles. The molecule has 0 unspecified atom stereocenters. The van der Waals surface area contributed by atoms with Crippen molar-refractivity contribution in [3.05, 3.63) is 24.3 Å². The Hall–Kier alpha value is -2.22. The van der Waals surface area contributed by atoms with Crippen molar-refractivity contribution in [1.29, 1.82) is 0 Å². The minimum Gasteiger partial charge on any atom is -0.494 e. The van der Waals surface area contributed by atoms with Crippen molar-refractivity contribution in [2.24, 2.45) is 11.8 Å². The maximum Gasteiger partial charge on any atom is 0.233 e. The average Bonchev–Trinajstić information content (AvgIpc) is 3.00. The van der Waals surface area contributed by atoms with Crippen LogP contribution >= 0.6 is 11.8 Å². The van der Waals surface area contributed by atoms with Crippen LogP contribution in [0.4, 0.5) is 0 Å². The molecule has 2 aromatic rings.